The van der Waals surface area contributed by atoms with Crippen molar-refractivity contribution >= 4 is 99.5 Å². The number of benzene rings is 9. The van der Waals surface area contributed by atoms with Gasteiger partial charge in [-0.3, -0.25) is 0 Å². The van der Waals surface area contributed by atoms with Gasteiger partial charge >= 0.3 is 12.4 Å². The van der Waals surface area contributed by atoms with Crippen LogP contribution in [0.2, 0.25) is 0 Å². The van der Waals surface area contributed by atoms with Crippen LogP contribution in [-0.2, 0) is 12.4 Å². The number of hydrogen-bond donors (Lipinski definition) is 0. The van der Waals surface area contributed by atoms with Crippen molar-refractivity contribution in [1.82, 2.24) is 0 Å². The van der Waals surface area contributed by atoms with E-state index in [1.165, 1.54) is 24.3 Å². The van der Waals surface area contributed by atoms with Crippen molar-refractivity contribution in [1.29, 1.82) is 10.5 Å². The Morgan fingerprint density at radius 2 is 0.682 bits per heavy atom. The van der Waals surface area contributed by atoms with Gasteiger partial charge in [-0.05, 0) is 179 Å². The molecule has 0 unspecified atom stereocenters. The minimum atomic E-state index is -4.49. The molecule has 0 aliphatic heterocycles. The standard InChI is InChI=1S/C54H28F6N4O2/c55-53(56,57)37-7-17-41(18-8-37)63(39-11-1-31(29-61)2-12-39)43-15-5-33-25-45-49(27-35(33)23-43)65-47-21-22-48-52(51(45)47)46-26-34-6-16-44(24-36(34)28-50(46)66-48)64(40-13-3-32(30-62)4-14-40)42-19-9-38(10-20-42)54(58,59)60/h1-28H. The molecule has 0 saturated carbocycles. The highest BCUT2D eigenvalue weighted by molar-refractivity contribution is 6.27. The number of rotatable bonds is 6. The molecule has 11 aromatic rings. The third-order valence-corrected chi connectivity index (χ3v) is 11.9. The number of nitrogens with zero attached hydrogens (tertiary/aromatic N) is 4. The molecule has 0 amide bonds. The number of furan rings is 2. The largest absolute Gasteiger partial charge is 0.456 e. The van der Waals surface area contributed by atoms with E-state index in [9.17, 15) is 36.9 Å². The number of anilines is 6. The van der Waals surface area contributed by atoms with Crippen LogP contribution in [0.5, 0.6) is 0 Å². The van der Waals surface area contributed by atoms with Crippen molar-refractivity contribution in [3.8, 4) is 12.1 Å². The maximum atomic E-state index is 13.5. The van der Waals surface area contributed by atoms with E-state index in [1.807, 2.05) is 70.5 Å². The van der Waals surface area contributed by atoms with Crippen LogP contribution in [0.15, 0.2) is 179 Å². The first-order valence-corrected chi connectivity index (χ1v) is 20.5. The number of fused-ring (bicyclic) bond motifs is 9. The Bertz CT molecular complexity index is 3550. The van der Waals surface area contributed by atoms with Gasteiger partial charge in [-0.2, -0.15) is 36.9 Å². The van der Waals surface area contributed by atoms with E-state index in [4.69, 9.17) is 8.83 Å². The fourth-order valence-electron chi connectivity index (χ4n) is 8.74. The van der Waals surface area contributed by atoms with Crippen LogP contribution in [0.1, 0.15) is 22.3 Å². The van der Waals surface area contributed by atoms with Crippen molar-refractivity contribution in [2.75, 3.05) is 9.80 Å². The molecule has 0 aliphatic rings. The molecule has 0 radical (unpaired) electrons. The predicted octanol–water partition coefficient (Wildman–Crippen LogP) is 16.5. The van der Waals surface area contributed by atoms with Crippen molar-refractivity contribution in [3.05, 3.63) is 192 Å². The van der Waals surface area contributed by atoms with E-state index in [1.54, 1.807) is 48.5 Å². The van der Waals surface area contributed by atoms with Crippen LogP contribution in [0.4, 0.5) is 60.5 Å². The second-order valence-corrected chi connectivity index (χ2v) is 15.9. The highest BCUT2D eigenvalue weighted by Crippen LogP contribution is 2.45. The van der Waals surface area contributed by atoms with Gasteiger partial charge in [0.15, 0.2) is 0 Å². The van der Waals surface area contributed by atoms with Gasteiger partial charge in [0, 0.05) is 55.7 Å². The van der Waals surface area contributed by atoms with Crippen molar-refractivity contribution in [2.24, 2.45) is 0 Å². The van der Waals surface area contributed by atoms with Crippen LogP contribution < -0.4 is 9.80 Å². The van der Waals surface area contributed by atoms with E-state index in [0.29, 0.717) is 67.6 Å². The molecule has 0 fully saturated rings. The Labute approximate surface area is 370 Å². The lowest BCUT2D eigenvalue weighted by Gasteiger charge is -2.26. The quantitative estimate of drug-likeness (QED) is 0.155. The van der Waals surface area contributed by atoms with Crippen molar-refractivity contribution < 1.29 is 35.2 Å². The van der Waals surface area contributed by atoms with Gasteiger partial charge in [-0.15, -0.1) is 0 Å². The highest BCUT2D eigenvalue weighted by atomic mass is 19.4. The second kappa shape index (κ2) is 14.9. The topological polar surface area (TPSA) is 80.3 Å². The SMILES string of the molecule is N#Cc1ccc(N(c2ccc(C(F)(F)F)cc2)c2ccc3cc4c(cc3c2)oc2ccc3oc5cc6cc(N(c7ccc(C#N)cc7)c7ccc(C(F)(F)F)cc7)ccc6cc5c3c24)cc1. The zero-order valence-corrected chi connectivity index (χ0v) is 34.0. The molecule has 0 bridgehead atoms. The fraction of sp³-hybridized carbons (Fsp3) is 0.0370. The Kier molecular flexibility index (Phi) is 9.06. The predicted molar refractivity (Wildman–Crippen MR) is 245 cm³/mol. The molecule has 2 aromatic heterocycles. The van der Waals surface area contributed by atoms with E-state index >= 15 is 0 Å². The average Bonchev–Trinajstić information content (AvgIpc) is 3.87. The normalized spacial score (nSPS) is 12.1. The van der Waals surface area contributed by atoms with Crippen LogP contribution in [0.3, 0.4) is 0 Å². The lowest BCUT2D eigenvalue weighted by atomic mass is 10.00. The Morgan fingerprint density at radius 3 is 1.02 bits per heavy atom. The van der Waals surface area contributed by atoms with Crippen LogP contribution in [0, 0.1) is 22.7 Å². The number of alkyl halides is 6. The van der Waals surface area contributed by atoms with Gasteiger partial charge in [-0.25, -0.2) is 0 Å². The van der Waals surface area contributed by atoms with Gasteiger partial charge in [0.1, 0.15) is 22.3 Å². The first kappa shape index (κ1) is 40.1. The first-order chi connectivity index (χ1) is 31.8. The van der Waals surface area contributed by atoms with Crippen molar-refractivity contribution in [3.63, 3.8) is 0 Å². The summed E-state index contributed by atoms with van der Waals surface area (Å²) in [4.78, 5) is 3.66. The molecule has 12 heteroatoms. The number of nitriles is 2. The lowest BCUT2D eigenvalue weighted by Crippen LogP contribution is -2.11. The fourth-order valence-corrected chi connectivity index (χ4v) is 8.74. The Morgan fingerprint density at radius 1 is 0.348 bits per heavy atom. The van der Waals surface area contributed by atoms with Crippen LogP contribution >= 0.6 is 0 Å². The zero-order valence-electron chi connectivity index (χ0n) is 34.0. The molecular formula is C54H28F6N4O2. The van der Waals surface area contributed by atoms with Gasteiger partial charge in [0.05, 0.1) is 34.4 Å². The molecule has 66 heavy (non-hydrogen) atoms. The van der Waals surface area contributed by atoms with Gasteiger partial charge in [0.2, 0.25) is 0 Å². The Balaban J connectivity index is 1.01. The van der Waals surface area contributed by atoms with E-state index in [0.717, 1.165) is 67.4 Å². The van der Waals surface area contributed by atoms with E-state index in [2.05, 4.69) is 24.3 Å². The minimum absolute atomic E-state index is 0.445. The third kappa shape index (κ3) is 6.84. The molecule has 318 valence electrons. The molecule has 9 aromatic carbocycles. The number of hydrogen-bond acceptors (Lipinski definition) is 6. The van der Waals surface area contributed by atoms with Gasteiger partial charge in [-0.1, -0.05) is 12.1 Å². The molecule has 6 nitrogen and oxygen atoms in total. The molecular weight excluding hydrogens is 851 g/mol. The summed E-state index contributed by atoms with van der Waals surface area (Å²) in [6.07, 6.45) is -8.99. The summed E-state index contributed by atoms with van der Waals surface area (Å²) in [6, 6.07) is 51.0. The summed E-state index contributed by atoms with van der Waals surface area (Å²) >= 11 is 0. The zero-order chi connectivity index (χ0) is 45.5. The maximum absolute atomic E-state index is 13.5. The molecule has 0 saturated heterocycles. The molecule has 2 heterocycles. The highest BCUT2D eigenvalue weighted by Gasteiger charge is 2.31. The molecule has 0 aliphatic carbocycles. The average molecular weight is 879 g/mol. The van der Waals surface area contributed by atoms with Crippen LogP contribution in [-0.4, -0.2) is 0 Å². The summed E-state index contributed by atoms with van der Waals surface area (Å²) in [7, 11) is 0. The second-order valence-electron chi connectivity index (χ2n) is 15.9. The van der Waals surface area contributed by atoms with E-state index < -0.39 is 23.5 Å². The summed E-state index contributed by atoms with van der Waals surface area (Å²) in [5.74, 6) is 0. The third-order valence-electron chi connectivity index (χ3n) is 11.9. The first-order valence-electron chi connectivity index (χ1n) is 20.5. The molecule has 11 rings (SSSR count). The van der Waals surface area contributed by atoms with Gasteiger partial charge in [0.25, 0.3) is 0 Å². The molecule has 0 N–H and O–H groups in total. The summed E-state index contributed by atoms with van der Waals surface area (Å²) in [6.45, 7) is 0. The molecule has 0 atom stereocenters. The summed E-state index contributed by atoms with van der Waals surface area (Å²) < 4.78 is 94.2. The molecule has 0 spiro atoms. The Hall–Kier alpha value is -8.74. The van der Waals surface area contributed by atoms with Crippen molar-refractivity contribution in [2.45, 2.75) is 12.4 Å². The monoisotopic (exact) mass is 878 g/mol. The summed E-state index contributed by atoms with van der Waals surface area (Å²) in [5.41, 5.74) is 5.55. The number of halogens is 6. The van der Waals surface area contributed by atoms with Gasteiger partial charge < -0.3 is 18.6 Å². The summed E-state index contributed by atoms with van der Waals surface area (Å²) in [5, 5.41) is 25.7. The van der Waals surface area contributed by atoms with Crippen LogP contribution in [0.25, 0.3) is 65.4 Å². The minimum Gasteiger partial charge on any atom is -0.456 e. The maximum Gasteiger partial charge on any atom is 0.416 e. The lowest BCUT2D eigenvalue weighted by molar-refractivity contribution is -0.138. The smallest absolute Gasteiger partial charge is 0.416 e. The van der Waals surface area contributed by atoms with E-state index in [-0.39, 0.29) is 0 Å².